The van der Waals surface area contributed by atoms with E-state index in [1.807, 2.05) is 6.20 Å². The zero-order chi connectivity index (χ0) is 13.0. The van der Waals surface area contributed by atoms with Crippen molar-refractivity contribution in [3.05, 3.63) is 59.3 Å². The summed E-state index contributed by atoms with van der Waals surface area (Å²) in [6.45, 7) is 2.99. The lowest BCUT2D eigenvalue weighted by Gasteiger charge is -2.18. The van der Waals surface area contributed by atoms with Crippen LogP contribution in [0.2, 0.25) is 0 Å². The molecule has 1 heterocycles. The van der Waals surface area contributed by atoms with Gasteiger partial charge in [-0.1, -0.05) is 51.8 Å². The summed E-state index contributed by atoms with van der Waals surface area (Å²) < 4.78 is 0. The Bertz CT molecular complexity index is 508. The fourth-order valence-corrected chi connectivity index (χ4v) is 2.22. The largest absolute Gasteiger partial charge is 0.355 e. The molecule has 1 aromatic carbocycles. The molecule has 0 atom stereocenters. The van der Waals surface area contributed by atoms with Gasteiger partial charge in [0.1, 0.15) is 5.82 Å². The average Bonchev–Trinajstić information content (AvgIpc) is 2.39. The minimum Gasteiger partial charge on any atom is -0.355 e. The van der Waals surface area contributed by atoms with E-state index in [0.717, 1.165) is 17.7 Å². The van der Waals surface area contributed by atoms with Gasteiger partial charge in [0.05, 0.1) is 0 Å². The first-order valence-electron chi connectivity index (χ1n) is 5.96. The molecule has 0 amide bonds. The maximum absolute atomic E-state index is 4.46. The van der Waals surface area contributed by atoms with E-state index in [-0.39, 0.29) is 0 Å². The van der Waals surface area contributed by atoms with E-state index in [4.69, 9.17) is 0 Å². The van der Waals surface area contributed by atoms with Crippen LogP contribution in [0.3, 0.4) is 0 Å². The van der Waals surface area contributed by atoms with Gasteiger partial charge >= 0.3 is 0 Å². The molecule has 0 N–H and O–H groups in total. The highest BCUT2D eigenvalue weighted by Crippen LogP contribution is 2.15. The van der Waals surface area contributed by atoms with Gasteiger partial charge in [-0.2, -0.15) is 0 Å². The third-order valence-corrected chi connectivity index (χ3v) is 3.50. The molecule has 2 nitrogen and oxygen atoms in total. The predicted molar refractivity (Wildman–Crippen MR) is 80.2 cm³/mol. The number of hydrogen-bond acceptors (Lipinski definition) is 2. The molecule has 0 fully saturated rings. The number of benzene rings is 1. The number of rotatable bonds is 4. The second-order valence-electron chi connectivity index (χ2n) is 4.50. The summed E-state index contributed by atoms with van der Waals surface area (Å²) >= 11 is 3.43. The molecule has 0 saturated heterocycles. The van der Waals surface area contributed by atoms with E-state index in [0.29, 0.717) is 0 Å². The maximum Gasteiger partial charge on any atom is 0.128 e. The summed E-state index contributed by atoms with van der Waals surface area (Å²) in [7, 11) is 2.07. The Balaban J connectivity index is 2.09. The summed E-state index contributed by atoms with van der Waals surface area (Å²) in [5.41, 5.74) is 3.80. The fraction of sp³-hybridized carbons (Fsp3) is 0.267. The molecule has 0 aliphatic carbocycles. The number of hydrogen-bond donors (Lipinski definition) is 0. The smallest absolute Gasteiger partial charge is 0.128 e. The number of halogens is 1. The molecule has 0 aliphatic rings. The zero-order valence-corrected chi connectivity index (χ0v) is 12.3. The first-order valence-corrected chi connectivity index (χ1v) is 7.09. The van der Waals surface area contributed by atoms with Crippen molar-refractivity contribution in [2.75, 3.05) is 11.9 Å². The second-order valence-corrected chi connectivity index (χ2v) is 5.06. The lowest BCUT2D eigenvalue weighted by Crippen LogP contribution is -2.17. The summed E-state index contributed by atoms with van der Waals surface area (Å²) in [4.78, 5) is 6.62. The van der Waals surface area contributed by atoms with Gasteiger partial charge in [-0.05, 0) is 24.1 Å². The molecule has 0 bridgehead atoms. The van der Waals surface area contributed by atoms with Crippen molar-refractivity contribution in [1.29, 1.82) is 0 Å². The highest BCUT2D eigenvalue weighted by Gasteiger charge is 2.03. The lowest BCUT2D eigenvalue weighted by molar-refractivity contribution is 0.895. The van der Waals surface area contributed by atoms with Crippen LogP contribution < -0.4 is 4.90 Å². The van der Waals surface area contributed by atoms with E-state index in [1.54, 1.807) is 0 Å². The van der Waals surface area contributed by atoms with Crippen molar-refractivity contribution in [3.63, 3.8) is 0 Å². The van der Waals surface area contributed by atoms with Crippen molar-refractivity contribution in [1.82, 2.24) is 4.98 Å². The van der Waals surface area contributed by atoms with Crippen molar-refractivity contribution < 1.29 is 0 Å². The van der Waals surface area contributed by atoms with Gasteiger partial charge in [-0.15, -0.1) is 0 Å². The highest BCUT2D eigenvalue weighted by atomic mass is 79.9. The van der Waals surface area contributed by atoms with Gasteiger partial charge in [0.15, 0.2) is 0 Å². The summed E-state index contributed by atoms with van der Waals surface area (Å²) in [6, 6.07) is 12.7. The number of anilines is 1. The van der Waals surface area contributed by atoms with Crippen molar-refractivity contribution in [2.45, 2.75) is 18.8 Å². The molecule has 2 aromatic rings. The van der Waals surface area contributed by atoms with Crippen LogP contribution >= 0.6 is 15.9 Å². The predicted octanol–water partition coefficient (Wildman–Crippen LogP) is 3.92. The van der Waals surface area contributed by atoms with Crippen LogP contribution in [0.5, 0.6) is 0 Å². The minimum absolute atomic E-state index is 0.849. The van der Waals surface area contributed by atoms with E-state index < -0.39 is 0 Å². The Morgan fingerprint density at radius 2 is 2.00 bits per heavy atom. The Morgan fingerprint density at radius 3 is 2.61 bits per heavy atom. The third kappa shape index (κ3) is 3.33. The minimum atomic E-state index is 0.849. The number of aromatic nitrogens is 1. The molecule has 94 valence electrons. The first kappa shape index (κ1) is 13.1. The number of alkyl halides is 1. The molecule has 0 unspecified atom stereocenters. The molecule has 0 radical (unpaired) electrons. The van der Waals surface area contributed by atoms with Crippen molar-refractivity contribution in [3.8, 4) is 0 Å². The molecule has 18 heavy (non-hydrogen) atoms. The molecule has 1 aromatic heterocycles. The van der Waals surface area contributed by atoms with Gasteiger partial charge in [-0.25, -0.2) is 4.98 Å². The first-order chi connectivity index (χ1) is 8.69. The fourth-order valence-electron chi connectivity index (χ4n) is 1.89. The van der Waals surface area contributed by atoms with Crippen LogP contribution in [0.25, 0.3) is 0 Å². The van der Waals surface area contributed by atoms with Crippen molar-refractivity contribution in [2.24, 2.45) is 0 Å². The Labute approximate surface area is 117 Å². The van der Waals surface area contributed by atoms with Crippen LogP contribution in [-0.4, -0.2) is 12.0 Å². The molecule has 0 spiro atoms. The van der Waals surface area contributed by atoms with Crippen LogP contribution in [-0.2, 0) is 11.9 Å². The van der Waals surface area contributed by atoms with E-state index in [2.05, 4.69) is 76.2 Å². The molecule has 0 saturated carbocycles. The summed E-state index contributed by atoms with van der Waals surface area (Å²) in [5, 5.41) is 0.849. The van der Waals surface area contributed by atoms with Crippen LogP contribution in [0, 0.1) is 6.92 Å². The quantitative estimate of drug-likeness (QED) is 0.796. The second kappa shape index (κ2) is 6.01. The number of aryl methyl sites for hydroxylation is 1. The standard InChI is InChI=1S/C15H17BrN2/c1-12-4-3-5-13(8-12)11-18(2)15-7-6-14(9-16)10-17-15/h3-8,10H,9,11H2,1-2H3. The molecular weight excluding hydrogens is 288 g/mol. The van der Waals surface area contributed by atoms with Gasteiger partial charge < -0.3 is 4.90 Å². The number of pyridine rings is 1. The van der Waals surface area contributed by atoms with Gasteiger partial charge in [0.2, 0.25) is 0 Å². The Hall–Kier alpha value is -1.35. The molecule has 3 heteroatoms. The number of nitrogens with zero attached hydrogens (tertiary/aromatic N) is 2. The molecule has 0 aliphatic heterocycles. The average molecular weight is 305 g/mol. The van der Waals surface area contributed by atoms with Crippen LogP contribution in [0.4, 0.5) is 5.82 Å². The Kier molecular flexibility index (Phi) is 4.37. The third-order valence-electron chi connectivity index (χ3n) is 2.86. The SMILES string of the molecule is Cc1cccc(CN(C)c2ccc(CBr)cn2)c1. The van der Waals surface area contributed by atoms with Crippen LogP contribution in [0.1, 0.15) is 16.7 Å². The van der Waals surface area contributed by atoms with Crippen LogP contribution in [0.15, 0.2) is 42.6 Å². The highest BCUT2D eigenvalue weighted by molar-refractivity contribution is 9.08. The van der Waals surface area contributed by atoms with Gasteiger partial charge in [0.25, 0.3) is 0 Å². The van der Waals surface area contributed by atoms with E-state index in [1.165, 1.54) is 16.7 Å². The summed E-state index contributed by atoms with van der Waals surface area (Å²) in [5.74, 6) is 1.00. The van der Waals surface area contributed by atoms with Gasteiger partial charge in [0, 0.05) is 25.1 Å². The lowest BCUT2D eigenvalue weighted by atomic mass is 10.1. The van der Waals surface area contributed by atoms with Gasteiger partial charge in [-0.3, -0.25) is 0 Å². The monoisotopic (exact) mass is 304 g/mol. The van der Waals surface area contributed by atoms with E-state index >= 15 is 0 Å². The molecule has 2 rings (SSSR count). The normalized spacial score (nSPS) is 10.4. The Morgan fingerprint density at radius 1 is 1.17 bits per heavy atom. The molecular formula is C15H17BrN2. The maximum atomic E-state index is 4.46. The van der Waals surface area contributed by atoms with E-state index in [9.17, 15) is 0 Å². The summed E-state index contributed by atoms with van der Waals surface area (Å²) in [6.07, 6.45) is 1.91. The topological polar surface area (TPSA) is 16.1 Å². The zero-order valence-electron chi connectivity index (χ0n) is 10.7. The van der Waals surface area contributed by atoms with Crippen molar-refractivity contribution >= 4 is 21.7 Å².